The number of hydrogen-bond acceptors (Lipinski definition) is 4. The van der Waals surface area contributed by atoms with E-state index in [1.165, 1.54) is 24.8 Å². The van der Waals surface area contributed by atoms with Crippen LogP contribution in [0.5, 0.6) is 0 Å². The molecule has 0 spiro atoms. The van der Waals surface area contributed by atoms with Crippen LogP contribution in [-0.4, -0.2) is 34.0 Å². The predicted molar refractivity (Wildman–Crippen MR) is 93.0 cm³/mol. The summed E-state index contributed by atoms with van der Waals surface area (Å²) in [6, 6.07) is 11.1. The first kappa shape index (κ1) is 16.1. The Morgan fingerprint density at radius 1 is 1.04 bits per heavy atom. The molecule has 0 bridgehead atoms. The van der Waals surface area contributed by atoms with Gasteiger partial charge in [0.1, 0.15) is 0 Å². The Morgan fingerprint density at radius 2 is 1.91 bits per heavy atom. The number of aromatic nitrogens is 2. The summed E-state index contributed by atoms with van der Waals surface area (Å²) in [5.41, 5.74) is 3.49. The molecule has 0 amide bonds. The zero-order chi connectivity index (χ0) is 15.9. The van der Waals surface area contributed by atoms with Gasteiger partial charge in [-0.25, -0.2) is 0 Å². The zero-order valence-electron chi connectivity index (χ0n) is 13.9. The minimum absolute atomic E-state index is 0.593. The van der Waals surface area contributed by atoms with Crippen molar-refractivity contribution in [3.05, 3.63) is 59.7 Å². The second kappa shape index (κ2) is 8.18. The van der Waals surface area contributed by atoms with Gasteiger partial charge in [0.15, 0.2) is 0 Å². The van der Waals surface area contributed by atoms with Gasteiger partial charge in [-0.1, -0.05) is 12.1 Å². The average Bonchev–Trinajstić information content (AvgIpc) is 2.86. The summed E-state index contributed by atoms with van der Waals surface area (Å²) in [6.45, 7) is 6.10. The molecule has 122 valence electrons. The van der Waals surface area contributed by atoms with E-state index in [1.807, 2.05) is 18.5 Å². The van der Waals surface area contributed by atoms with Crippen molar-refractivity contribution in [2.75, 3.05) is 13.1 Å². The van der Waals surface area contributed by atoms with Crippen LogP contribution in [0.4, 0.5) is 0 Å². The van der Waals surface area contributed by atoms with Gasteiger partial charge in [-0.3, -0.25) is 14.9 Å². The highest BCUT2D eigenvalue weighted by atomic mass is 15.2. The van der Waals surface area contributed by atoms with Crippen molar-refractivity contribution in [2.24, 2.45) is 0 Å². The third-order valence-electron chi connectivity index (χ3n) is 4.49. The molecule has 0 saturated carbocycles. The normalized spacial score (nSPS) is 18.8. The molecule has 0 aromatic carbocycles. The minimum atomic E-state index is 0.593. The standard InChI is InChI=1S/C19H26N4/c1-16-7-8-18(22-13-16)15-23(14-17-5-2-3-11-21-17)19-6-4-10-20-12-9-19/h2-3,5,7-8,11,13,19-20H,4,6,9-10,12,14-15H2,1H3/t19-/m0/s1. The van der Waals surface area contributed by atoms with E-state index in [2.05, 4.69) is 51.4 Å². The molecule has 3 rings (SSSR count). The first-order chi connectivity index (χ1) is 11.3. The molecular formula is C19H26N4. The monoisotopic (exact) mass is 310 g/mol. The van der Waals surface area contributed by atoms with Crippen LogP contribution >= 0.6 is 0 Å². The number of pyridine rings is 2. The molecule has 1 aliphatic heterocycles. The van der Waals surface area contributed by atoms with Gasteiger partial charge in [0.2, 0.25) is 0 Å². The highest BCUT2D eigenvalue weighted by Crippen LogP contribution is 2.18. The Balaban J connectivity index is 1.75. The molecule has 23 heavy (non-hydrogen) atoms. The van der Waals surface area contributed by atoms with E-state index in [9.17, 15) is 0 Å². The van der Waals surface area contributed by atoms with Gasteiger partial charge >= 0.3 is 0 Å². The Morgan fingerprint density at radius 3 is 2.65 bits per heavy atom. The predicted octanol–water partition coefficient (Wildman–Crippen LogP) is 2.93. The third-order valence-corrected chi connectivity index (χ3v) is 4.49. The van der Waals surface area contributed by atoms with E-state index in [0.29, 0.717) is 6.04 Å². The molecule has 1 saturated heterocycles. The summed E-state index contributed by atoms with van der Waals surface area (Å²) in [4.78, 5) is 11.7. The fourth-order valence-electron chi connectivity index (χ4n) is 3.18. The summed E-state index contributed by atoms with van der Waals surface area (Å²) in [5, 5.41) is 3.51. The van der Waals surface area contributed by atoms with Gasteiger partial charge in [-0.15, -0.1) is 0 Å². The van der Waals surface area contributed by atoms with Crippen LogP contribution in [-0.2, 0) is 13.1 Å². The zero-order valence-corrected chi connectivity index (χ0v) is 13.9. The smallest absolute Gasteiger partial charge is 0.0544 e. The van der Waals surface area contributed by atoms with Gasteiger partial charge in [0.25, 0.3) is 0 Å². The summed E-state index contributed by atoms with van der Waals surface area (Å²) in [5.74, 6) is 0. The van der Waals surface area contributed by atoms with E-state index in [0.717, 1.165) is 37.6 Å². The molecule has 0 aliphatic carbocycles. The molecule has 2 aromatic rings. The second-order valence-corrected chi connectivity index (χ2v) is 6.39. The fraction of sp³-hybridized carbons (Fsp3) is 0.474. The van der Waals surface area contributed by atoms with Crippen molar-refractivity contribution in [1.29, 1.82) is 0 Å². The molecule has 2 aromatic heterocycles. The molecule has 1 atom stereocenters. The largest absolute Gasteiger partial charge is 0.317 e. The number of rotatable bonds is 5. The number of nitrogens with one attached hydrogen (secondary N) is 1. The lowest BCUT2D eigenvalue weighted by Crippen LogP contribution is -2.35. The molecular weight excluding hydrogens is 284 g/mol. The van der Waals surface area contributed by atoms with Crippen molar-refractivity contribution in [3.8, 4) is 0 Å². The Kier molecular flexibility index (Phi) is 5.72. The molecule has 4 nitrogen and oxygen atoms in total. The molecule has 1 aliphatic rings. The summed E-state index contributed by atoms with van der Waals surface area (Å²) >= 11 is 0. The highest BCUT2D eigenvalue weighted by molar-refractivity contribution is 5.12. The van der Waals surface area contributed by atoms with Crippen LogP contribution in [0.25, 0.3) is 0 Å². The van der Waals surface area contributed by atoms with Gasteiger partial charge < -0.3 is 5.32 Å². The van der Waals surface area contributed by atoms with Crippen LogP contribution in [0.2, 0.25) is 0 Å². The van der Waals surface area contributed by atoms with E-state index in [1.54, 1.807) is 0 Å². The lowest BCUT2D eigenvalue weighted by Gasteiger charge is -2.30. The van der Waals surface area contributed by atoms with E-state index < -0.39 is 0 Å². The Bertz CT molecular complexity index is 574. The third kappa shape index (κ3) is 4.85. The van der Waals surface area contributed by atoms with Crippen LogP contribution in [0.1, 0.15) is 36.2 Å². The van der Waals surface area contributed by atoms with Gasteiger partial charge in [0.05, 0.1) is 11.4 Å². The first-order valence-corrected chi connectivity index (χ1v) is 8.57. The summed E-state index contributed by atoms with van der Waals surface area (Å²) < 4.78 is 0. The van der Waals surface area contributed by atoms with Crippen molar-refractivity contribution in [2.45, 2.75) is 45.3 Å². The number of nitrogens with zero attached hydrogens (tertiary/aromatic N) is 3. The quantitative estimate of drug-likeness (QED) is 0.922. The van der Waals surface area contributed by atoms with Crippen molar-refractivity contribution < 1.29 is 0 Å². The van der Waals surface area contributed by atoms with Crippen LogP contribution < -0.4 is 5.32 Å². The van der Waals surface area contributed by atoms with Gasteiger partial charge in [-0.2, -0.15) is 0 Å². The van der Waals surface area contributed by atoms with Crippen molar-refractivity contribution in [1.82, 2.24) is 20.2 Å². The van der Waals surface area contributed by atoms with Crippen molar-refractivity contribution >= 4 is 0 Å². The molecule has 3 heterocycles. The van der Waals surface area contributed by atoms with Crippen LogP contribution in [0.3, 0.4) is 0 Å². The molecule has 1 N–H and O–H groups in total. The first-order valence-electron chi connectivity index (χ1n) is 8.57. The summed E-state index contributed by atoms with van der Waals surface area (Å²) in [7, 11) is 0. The average molecular weight is 310 g/mol. The maximum absolute atomic E-state index is 4.60. The highest BCUT2D eigenvalue weighted by Gasteiger charge is 2.21. The lowest BCUT2D eigenvalue weighted by molar-refractivity contribution is 0.160. The number of aryl methyl sites for hydroxylation is 1. The Hall–Kier alpha value is -1.78. The lowest BCUT2D eigenvalue weighted by atomic mass is 10.1. The maximum atomic E-state index is 4.60. The minimum Gasteiger partial charge on any atom is -0.317 e. The van der Waals surface area contributed by atoms with Crippen LogP contribution in [0.15, 0.2) is 42.7 Å². The van der Waals surface area contributed by atoms with E-state index in [-0.39, 0.29) is 0 Å². The SMILES string of the molecule is Cc1ccc(CN(Cc2ccccn2)[C@H]2CCCNCC2)nc1. The molecule has 4 heteroatoms. The van der Waals surface area contributed by atoms with E-state index >= 15 is 0 Å². The fourth-order valence-corrected chi connectivity index (χ4v) is 3.18. The van der Waals surface area contributed by atoms with Crippen molar-refractivity contribution in [3.63, 3.8) is 0 Å². The van der Waals surface area contributed by atoms with Gasteiger partial charge in [0, 0.05) is 31.5 Å². The Labute approximate surface area is 139 Å². The van der Waals surface area contributed by atoms with Gasteiger partial charge in [-0.05, 0) is 63.0 Å². The maximum Gasteiger partial charge on any atom is 0.0544 e. The second-order valence-electron chi connectivity index (χ2n) is 6.39. The topological polar surface area (TPSA) is 41.1 Å². The number of hydrogen-bond donors (Lipinski definition) is 1. The van der Waals surface area contributed by atoms with E-state index in [4.69, 9.17) is 0 Å². The summed E-state index contributed by atoms with van der Waals surface area (Å²) in [6.07, 6.45) is 7.52. The molecule has 0 radical (unpaired) electrons. The molecule has 1 fully saturated rings. The molecule has 0 unspecified atom stereocenters. The van der Waals surface area contributed by atoms with Crippen LogP contribution in [0, 0.1) is 6.92 Å².